The molecule has 4 atom stereocenters. The molecular weight excluding hydrogens is 1280 g/mol. The first kappa shape index (κ1) is 68.3. The largest absolute Gasteiger partial charge is 0.383 e. The number of likely N-dealkylation sites (tertiary alicyclic amines) is 3. The number of hydrogen-bond donors (Lipinski definition) is 6. The zero-order chi connectivity index (χ0) is 69.7. The van der Waals surface area contributed by atoms with Crippen LogP contribution in [0.5, 0.6) is 0 Å². The first-order valence-corrected chi connectivity index (χ1v) is 33.4. The molecule has 22 nitrogen and oxygen atoms in total. The normalized spacial score (nSPS) is 19.1. The smallest absolute Gasteiger partial charge is 0.220 e. The van der Waals surface area contributed by atoms with Crippen LogP contribution in [0.15, 0.2) is 74.0 Å². The van der Waals surface area contributed by atoms with Crippen molar-refractivity contribution in [1.29, 1.82) is 0 Å². The van der Waals surface area contributed by atoms with E-state index in [1.807, 2.05) is 30.7 Å². The SMILES string of the molecule is CC(O)(C#Cc1cc2c(-c3nc(N)ncc3F)cn(C3CCN(CCF)CC3)c2cn1)C1CC1.CC(O)(C#Cc1cc2c(-c3nc(N)ncc3F)cn(C3CN(C4CC4)C3)c2cn1)CF.COCC(C)N1CC(n2cc(-c3nc(N)ncc3F)c3cc(C#CC(C)(O)C4CC4)ncc32)C1. The molecule has 6 fully saturated rings. The lowest BCUT2D eigenvalue weighted by molar-refractivity contribution is 0.0265. The van der Waals surface area contributed by atoms with Gasteiger partial charge in [-0.3, -0.25) is 9.80 Å². The Kier molecular flexibility index (Phi) is 19.2. The van der Waals surface area contributed by atoms with Crippen molar-refractivity contribution in [3.05, 3.63) is 109 Å². The van der Waals surface area contributed by atoms with Gasteiger partial charge >= 0.3 is 0 Å². The molecule has 9 aromatic heterocycles. The fourth-order valence-electron chi connectivity index (χ4n) is 13.3. The highest BCUT2D eigenvalue weighted by Crippen LogP contribution is 2.43. The molecule has 4 unspecified atom stereocenters. The summed E-state index contributed by atoms with van der Waals surface area (Å²) in [7, 11) is 1.71. The van der Waals surface area contributed by atoms with E-state index in [0.717, 1.165) is 124 Å². The van der Waals surface area contributed by atoms with Crippen LogP contribution in [0.25, 0.3) is 66.5 Å². The fraction of sp³-hybridized carbons (Fsp3) is 0.458. The number of pyridine rings is 3. The highest BCUT2D eigenvalue weighted by Gasteiger charge is 2.41. The third kappa shape index (κ3) is 15.0. The standard InChI is InChI=1S/C25H28F2N6O.C25H29FN6O2.C22H22F2N6O/c1-25(34,16-2-3-16)7-4-17-12-19-20(23-21(27)13-30-24(28)31-23)15-33(22(19)14-29-17)18-5-9-32(10-6-18)11-8-26;1-15(14-34-3)31-11-18(12-31)32-13-20(23-21(26)9-29-24(27)30-23)19-8-17(28-10-22(19)32)6-7-25(2,33)16-4-5-16;1-22(31,12-23)5-4-13-6-16-17(20-18(24)7-27-21(25)28-20)11-30(19(16)8-26-13)15-9-29(10-15)14-2-3-14/h12-16,18,34H,2-3,5-6,8-11H2,1H3,(H2,28,30,31);8-10,13,15-16,18,33H,4-5,11-12,14H2,1-3H3,(H2,27,29,30);6-8,11,14-15,31H,2-3,9-10,12H2,1H3,(H2,25,27,28). The molecule has 0 aromatic carbocycles. The van der Waals surface area contributed by atoms with Crippen LogP contribution in [-0.4, -0.2) is 190 Å². The summed E-state index contributed by atoms with van der Waals surface area (Å²) in [5.41, 5.74) is 19.5. The maximum atomic E-state index is 14.8. The summed E-state index contributed by atoms with van der Waals surface area (Å²) >= 11 is 0. The number of aliphatic hydroxyl groups is 3. The first-order chi connectivity index (χ1) is 47.5. The highest BCUT2D eigenvalue weighted by molar-refractivity contribution is 5.98. The summed E-state index contributed by atoms with van der Waals surface area (Å²) in [4.78, 5) is 44.0. The van der Waals surface area contributed by atoms with Crippen molar-refractivity contribution in [2.75, 3.05) is 90.1 Å². The molecular formula is C72H79F5N18O4. The maximum absolute atomic E-state index is 14.8. The molecule has 3 saturated heterocycles. The molecule has 12 heterocycles. The minimum Gasteiger partial charge on any atom is -0.383 e. The number of aromatic nitrogens is 12. The Morgan fingerprint density at radius 2 is 0.929 bits per heavy atom. The van der Waals surface area contributed by atoms with Crippen LogP contribution in [0, 0.1) is 64.8 Å². The zero-order valence-corrected chi connectivity index (χ0v) is 55.8. The number of halogens is 5. The van der Waals surface area contributed by atoms with E-state index in [1.54, 1.807) is 45.6 Å². The molecule has 3 aliphatic heterocycles. The van der Waals surface area contributed by atoms with Gasteiger partial charge in [-0.2, -0.15) is 0 Å². The number of anilines is 3. The molecule has 15 rings (SSSR count). The van der Waals surface area contributed by atoms with Crippen molar-refractivity contribution in [1.82, 2.24) is 73.3 Å². The molecule has 3 aliphatic carbocycles. The maximum Gasteiger partial charge on any atom is 0.220 e. The van der Waals surface area contributed by atoms with Gasteiger partial charge in [0.25, 0.3) is 0 Å². The van der Waals surface area contributed by atoms with Gasteiger partial charge in [-0.15, -0.1) is 0 Å². The van der Waals surface area contributed by atoms with Crippen molar-refractivity contribution in [3.8, 4) is 69.3 Å². The second-order valence-corrected chi connectivity index (χ2v) is 27.4. The van der Waals surface area contributed by atoms with Gasteiger partial charge in [0.15, 0.2) is 23.1 Å². The average Bonchev–Trinajstić information content (AvgIpc) is 1.62. The van der Waals surface area contributed by atoms with E-state index in [2.05, 4.69) is 116 Å². The summed E-state index contributed by atoms with van der Waals surface area (Å²) < 4.78 is 81.4. The van der Waals surface area contributed by atoms with Gasteiger partial charge < -0.3 is 55.9 Å². The van der Waals surface area contributed by atoms with Gasteiger partial charge in [0, 0.05) is 122 Å². The summed E-state index contributed by atoms with van der Waals surface area (Å²) in [5, 5.41) is 33.2. The zero-order valence-electron chi connectivity index (χ0n) is 55.8. The topological polar surface area (TPSA) is 289 Å². The predicted molar refractivity (Wildman–Crippen MR) is 366 cm³/mol. The molecule has 99 heavy (non-hydrogen) atoms. The number of alkyl halides is 2. The van der Waals surface area contributed by atoms with Crippen LogP contribution in [0.4, 0.5) is 39.8 Å². The fourth-order valence-corrected chi connectivity index (χ4v) is 13.3. The van der Waals surface area contributed by atoms with Crippen LogP contribution in [0.2, 0.25) is 0 Å². The van der Waals surface area contributed by atoms with Gasteiger partial charge in [0.2, 0.25) is 17.8 Å². The minimum absolute atomic E-state index is 0.00798. The van der Waals surface area contributed by atoms with Gasteiger partial charge in [-0.25, -0.2) is 66.8 Å². The van der Waals surface area contributed by atoms with E-state index < -0.39 is 40.9 Å². The number of rotatable bonds is 15. The number of hydrogen-bond acceptors (Lipinski definition) is 19. The van der Waals surface area contributed by atoms with E-state index in [-0.39, 0.29) is 71.6 Å². The van der Waals surface area contributed by atoms with Gasteiger partial charge in [-0.05, 0) is 127 Å². The number of methoxy groups -OCH3 is 1. The molecule has 27 heteroatoms. The third-order valence-corrected chi connectivity index (χ3v) is 19.6. The number of ether oxygens (including phenoxy) is 1. The lowest BCUT2D eigenvalue weighted by Crippen LogP contribution is -2.52. The Hall–Kier alpha value is -9.24. The van der Waals surface area contributed by atoms with Crippen molar-refractivity contribution in [2.24, 2.45) is 11.8 Å². The van der Waals surface area contributed by atoms with E-state index in [0.29, 0.717) is 64.4 Å². The Balaban J connectivity index is 0.000000134. The van der Waals surface area contributed by atoms with E-state index in [9.17, 15) is 37.3 Å². The molecule has 0 amide bonds. The number of nitrogen functional groups attached to an aromatic ring is 3. The van der Waals surface area contributed by atoms with Crippen molar-refractivity contribution in [3.63, 3.8) is 0 Å². The second-order valence-electron chi connectivity index (χ2n) is 27.4. The average molecular weight is 1360 g/mol. The monoisotopic (exact) mass is 1350 g/mol. The molecule has 516 valence electrons. The second kappa shape index (κ2) is 27.8. The minimum atomic E-state index is -1.75. The summed E-state index contributed by atoms with van der Waals surface area (Å²) in [6.45, 7) is 11.9. The molecule has 0 spiro atoms. The summed E-state index contributed by atoms with van der Waals surface area (Å²) in [5.74, 6) is 15.8. The lowest BCUT2D eigenvalue weighted by Gasteiger charge is -2.43. The Labute approximate surface area is 569 Å². The Morgan fingerprint density at radius 1 is 0.535 bits per heavy atom. The van der Waals surface area contributed by atoms with Crippen LogP contribution < -0.4 is 17.2 Å². The first-order valence-electron chi connectivity index (χ1n) is 33.4. The van der Waals surface area contributed by atoms with Gasteiger partial charge in [0.1, 0.15) is 58.7 Å². The molecule has 3 saturated carbocycles. The highest BCUT2D eigenvalue weighted by atomic mass is 19.1. The van der Waals surface area contributed by atoms with E-state index in [4.69, 9.17) is 21.9 Å². The number of nitrogens with zero attached hydrogens (tertiary/aromatic N) is 15. The number of nitrogens with two attached hydrogens (primary N) is 3. The molecule has 9 N–H and O–H groups in total. The van der Waals surface area contributed by atoms with Crippen LogP contribution in [0.1, 0.15) is 114 Å². The summed E-state index contributed by atoms with van der Waals surface area (Å²) in [6, 6.07) is 7.01. The Morgan fingerprint density at radius 3 is 1.30 bits per heavy atom. The van der Waals surface area contributed by atoms with E-state index >= 15 is 0 Å². The Bertz CT molecular complexity index is 4700. The number of piperidine rings is 1. The van der Waals surface area contributed by atoms with Crippen LogP contribution >= 0.6 is 0 Å². The van der Waals surface area contributed by atoms with Crippen LogP contribution in [0.3, 0.4) is 0 Å². The molecule has 0 bridgehead atoms. The van der Waals surface area contributed by atoms with Crippen molar-refractivity contribution < 1.29 is 42.0 Å². The molecule has 6 aliphatic rings. The van der Waals surface area contributed by atoms with Gasteiger partial charge in [-0.1, -0.05) is 17.8 Å². The predicted octanol–water partition coefficient (Wildman–Crippen LogP) is 8.26. The van der Waals surface area contributed by atoms with Gasteiger partial charge in [0.05, 0.1) is 72.4 Å². The molecule has 9 aromatic rings. The number of fused-ring (bicyclic) bond motifs is 3. The third-order valence-electron chi connectivity index (χ3n) is 19.6. The quantitative estimate of drug-likeness (QED) is 0.0416. The lowest BCUT2D eigenvalue weighted by atomic mass is 10.0. The summed E-state index contributed by atoms with van der Waals surface area (Å²) in [6.07, 6.45) is 22.2. The van der Waals surface area contributed by atoms with Crippen molar-refractivity contribution >= 4 is 50.6 Å². The van der Waals surface area contributed by atoms with Crippen LogP contribution in [-0.2, 0) is 4.74 Å². The van der Waals surface area contributed by atoms with Crippen molar-refractivity contribution in [2.45, 2.75) is 126 Å². The van der Waals surface area contributed by atoms with E-state index in [1.165, 1.54) is 19.8 Å². The molecule has 0 radical (unpaired) electrons.